The number of unbranched alkanes of at least 4 members (excludes halogenated alkanes) is 2. The number of rotatable bonds is 18. The Morgan fingerprint density at radius 3 is 1.24 bits per heavy atom. The minimum Gasteiger partial charge on any atom is -0.385 e. The zero-order chi connectivity index (χ0) is 37.4. The van der Waals surface area contributed by atoms with Gasteiger partial charge in [0.25, 0.3) is 11.8 Å². The van der Waals surface area contributed by atoms with Crippen molar-refractivity contribution in [2.75, 3.05) is 84.3 Å². The van der Waals surface area contributed by atoms with Gasteiger partial charge in [-0.3, -0.25) is 9.59 Å². The average molecular weight is 731 g/mol. The number of benzene rings is 4. The molecule has 11 nitrogen and oxygen atoms in total. The van der Waals surface area contributed by atoms with Crippen LogP contribution in [0.25, 0.3) is 0 Å². The zero-order valence-corrected chi connectivity index (χ0v) is 31.2. The first-order valence-corrected chi connectivity index (χ1v) is 19.5. The van der Waals surface area contributed by atoms with Crippen molar-refractivity contribution in [1.82, 2.24) is 9.80 Å². The molecule has 6 rings (SSSR count). The number of nitrogens with one attached hydrogen (secondary N) is 6. The molecule has 2 aliphatic rings. The summed E-state index contributed by atoms with van der Waals surface area (Å²) < 4.78 is 0. The second kappa shape index (κ2) is 20.2. The molecule has 6 N–H and O–H groups in total. The molecule has 4 amide bonds. The number of carbonyl (C=O) groups excluding carboxylic acids is 3. The van der Waals surface area contributed by atoms with Crippen LogP contribution in [0.15, 0.2) is 97.1 Å². The van der Waals surface area contributed by atoms with E-state index in [-0.39, 0.29) is 11.8 Å². The first-order chi connectivity index (χ1) is 26.5. The van der Waals surface area contributed by atoms with Gasteiger partial charge in [-0.1, -0.05) is 12.1 Å². The summed E-state index contributed by atoms with van der Waals surface area (Å²) in [6.45, 7) is 9.05. The summed E-state index contributed by atoms with van der Waals surface area (Å²) in [6, 6.07) is 28.4. The molecule has 2 fully saturated rings. The summed E-state index contributed by atoms with van der Waals surface area (Å²) in [5, 5.41) is 18.4. The van der Waals surface area contributed by atoms with Crippen molar-refractivity contribution < 1.29 is 14.4 Å². The summed E-state index contributed by atoms with van der Waals surface area (Å²) in [5.74, 6) is -0.471. The maximum Gasteiger partial charge on any atom is 0.323 e. The number of nitrogens with zero attached hydrogens (tertiary/aromatic N) is 2. The van der Waals surface area contributed by atoms with Crippen molar-refractivity contribution in [1.29, 1.82) is 0 Å². The molecular formula is C43H54N8O3. The van der Waals surface area contributed by atoms with E-state index in [1.165, 1.54) is 77.8 Å². The van der Waals surface area contributed by atoms with Crippen molar-refractivity contribution >= 4 is 52.0 Å². The molecule has 0 bridgehead atoms. The summed E-state index contributed by atoms with van der Waals surface area (Å²) in [5.41, 5.74) is 5.39. The molecular weight excluding hydrogens is 677 g/mol. The van der Waals surface area contributed by atoms with Crippen LogP contribution in [0.3, 0.4) is 0 Å². The van der Waals surface area contributed by atoms with Crippen LogP contribution in [0.4, 0.5) is 38.9 Å². The summed E-state index contributed by atoms with van der Waals surface area (Å²) in [4.78, 5) is 43.7. The first kappa shape index (κ1) is 38.3. The van der Waals surface area contributed by atoms with Gasteiger partial charge in [-0.25, -0.2) is 4.79 Å². The second-order valence-electron chi connectivity index (χ2n) is 14.2. The van der Waals surface area contributed by atoms with Gasteiger partial charge in [-0.05, 0) is 176 Å². The molecule has 0 aliphatic carbocycles. The lowest BCUT2D eigenvalue weighted by Crippen LogP contribution is -2.20. The number of amides is 4. The van der Waals surface area contributed by atoms with Crippen LogP contribution in [-0.4, -0.2) is 80.0 Å². The standard InChI is InChI=1S/C43H54N8O3/c52-41(46-39-13-9-11-37(31-39)44-23-1-3-25-50-27-5-6-28-50)33-15-19-35(20-16-33)48-43(54)49-36-21-17-34(18-22-36)42(53)47-40-14-10-12-38(32-40)45-24-2-4-26-51-29-7-8-30-51/h9-22,31-32,44-45H,1-8,23-30H2,(H,46,52)(H,47,53)(H2,48,49,54). The Hall–Kier alpha value is -5.39. The molecule has 2 saturated heterocycles. The van der Waals surface area contributed by atoms with Gasteiger partial charge in [0, 0.05) is 58.3 Å². The van der Waals surface area contributed by atoms with E-state index in [0.29, 0.717) is 33.9 Å². The van der Waals surface area contributed by atoms with E-state index in [9.17, 15) is 14.4 Å². The van der Waals surface area contributed by atoms with E-state index >= 15 is 0 Å². The molecule has 0 radical (unpaired) electrons. The number of urea groups is 1. The molecule has 54 heavy (non-hydrogen) atoms. The monoisotopic (exact) mass is 730 g/mol. The fourth-order valence-corrected chi connectivity index (χ4v) is 6.92. The van der Waals surface area contributed by atoms with Crippen LogP contribution in [0.1, 0.15) is 72.1 Å². The van der Waals surface area contributed by atoms with Crippen molar-refractivity contribution in [3.05, 3.63) is 108 Å². The number of anilines is 6. The maximum atomic E-state index is 12.9. The Kier molecular flexibility index (Phi) is 14.3. The largest absolute Gasteiger partial charge is 0.385 e. The lowest BCUT2D eigenvalue weighted by molar-refractivity contribution is 0.101. The average Bonchev–Trinajstić information content (AvgIpc) is 3.91. The van der Waals surface area contributed by atoms with Gasteiger partial charge in [0.2, 0.25) is 0 Å². The number of carbonyl (C=O) groups is 3. The number of hydrogen-bond donors (Lipinski definition) is 6. The lowest BCUT2D eigenvalue weighted by Gasteiger charge is -2.14. The van der Waals surface area contributed by atoms with E-state index in [1.54, 1.807) is 48.5 Å². The highest BCUT2D eigenvalue weighted by atomic mass is 16.2. The SMILES string of the molecule is O=C(Nc1ccc(C(=O)Nc2cccc(NCCCCN3CCCC3)c2)cc1)Nc1ccc(C(=O)Nc2cccc(NCCCCN3CCCC3)c2)cc1. The molecule has 0 atom stereocenters. The van der Waals surface area contributed by atoms with E-state index in [0.717, 1.165) is 37.3 Å². The molecule has 2 heterocycles. The Labute approximate surface area is 319 Å². The molecule has 4 aromatic carbocycles. The van der Waals surface area contributed by atoms with Gasteiger partial charge in [-0.2, -0.15) is 0 Å². The zero-order valence-electron chi connectivity index (χ0n) is 31.2. The second-order valence-corrected chi connectivity index (χ2v) is 14.2. The minimum absolute atomic E-state index is 0.235. The Balaban J connectivity index is 0.892. The van der Waals surface area contributed by atoms with Gasteiger partial charge in [-0.15, -0.1) is 0 Å². The summed E-state index contributed by atoms with van der Waals surface area (Å²) in [6.07, 6.45) is 9.85. The van der Waals surface area contributed by atoms with Gasteiger partial charge in [0.1, 0.15) is 0 Å². The molecule has 0 spiro atoms. The third-order valence-corrected chi connectivity index (χ3v) is 9.91. The molecule has 11 heteroatoms. The Morgan fingerprint density at radius 1 is 0.444 bits per heavy atom. The smallest absolute Gasteiger partial charge is 0.323 e. The molecule has 284 valence electrons. The fraction of sp³-hybridized carbons (Fsp3) is 0.372. The predicted molar refractivity (Wildman–Crippen MR) is 221 cm³/mol. The lowest BCUT2D eigenvalue weighted by atomic mass is 10.1. The highest BCUT2D eigenvalue weighted by molar-refractivity contribution is 6.06. The minimum atomic E-state index is -0.440. The fourth-order valence-electron chi connectivity index (χ4n) is 6.92. The number of likely N-dealkylation sites (tertiary alicyclic amines) is 2. The quantitative estimate of drug-likeness (QED) is 0.0567. The van der Waals surface area contributed by atoms with Crippen LogP contribution in [0.5, 0.6) is 0 Å². The summed E-state index contributed by atoms with van der Waals surface area (Å²) in [7, 11) is 0. The van der Waals surface area contributed by atoms with E-state index in [1.807, 2.05) is 48.5 Å². The van der Waals surface area contributed by atoms with Crippen molar-refractivity contribution in [3.8, 4) is 0 Å². The Morgan fingerprint density at radius 2 is 0.833 bits per heavy atom. The van der Waals surface area contributed by atoms with E-state index in [4.69, 9.17) is 0 Å². The van der Waals surface area contributed by atoms with Crippen molar-refractivity contribution in [2.45, 2.75) is 51.4 Å². The van der Waals surface area contributed by atoms with Crippen LogP contribution < -0.4 is 31.9 Å². The van der Waals surface area contributed by atoms with Gasteiger partial charge in [0.15, 0.2) is 0 Å². The maximum absolute atomic E-state index is 12.9. The normalized spacial score (nSPS) is 14.4. The van der Waals surface area contributed by atoms with E-state index < -0.39 is 6.03 Å². The highest BCUT2D eigenvalue weighted by Gasteiger charge is 2.13. The van der Waals surface area contributed by atoms with Gasteiger partial charge >= 0.3 is 6.03 Å². The third kappa shape index (κ3) is 12.3. The van der Waals surface area contributed by atoms with Gasteiger partial charge < -0.3 is 41.7 Å². The highest BCUT2D eigenvalue weighted by Crippen LogP contribution is 2.20. The molecule has 0 saturated carbocycles. The van der Waals surface area contributed by atoms with Crippen molar-refractivity contribution in [3.63, 3.8) is 0 Å². The topological polar surface area (TPSA) is 130 Å². The molecule has 0 aromatic heterocycles. The predicted octanol–water partition coefficient (Wildman–Crippen LogP) is 8.41. The van der Waals surface area contributed by atoms with Crippen LogP contribution in [-0.2, 0) is 0 Å². The molecule has 0 unspecified atom stereocenters. The molecule has 2 aliphatic heterocycles. The van der Waals surface area contributed by atoms with Crippen LogP contribution in [0.2, 0.25) is 0 Å². The molecule has 4 aromatic rings. The van der Waals surface area contributed by atoms with Crippen LogP contribution >= 0.6 is 0 Å². The number of hydrogen-bond acceptors (Lipinski definition) is 7. The van der Waals surface area contributed by atoms with Crippen molar-refractivity contribution in [2.24, 2.45) is 0 Å². The summed E-state index contributed by atoms with van der Waals surface area (Å²) >= 11 is 0. The Bertz CT molecular complexity index is 1670. The van der Waals surface area contributed by atoms with E-state index in [2.05, 4.69) is 41.7 Å². The van der Waals surface area contributed by atoms with Gasteiger partial charge in [0.05, 0.1) is 0 Å². The third-order valence-electron chi connectivity index (χ3n) is 9.91. The first-order valence-electron chi connectivity index (χ1n) is 19.5. The van der Waals surface area contributed by atoms with Crippen LogP contribution in [0, 0.1) is 0 Å².